The fourth-order valence-corrected chi connectivity index (χ4v) is 4.43. The molecule has 4 heteroatoms. The minimum atomic E-state index is 0.198. The van der Waals surface area contributed by atoms with Crippen LogP contribution in [0.3, 0.4) is 0 Å². The van der Waals surface area contributed by atoms with Crippen LogP contribution in [-0.4, -0.2) is 4.98 Å². The maximum atomic E-state index is 9.91. The number of benzene rings is 2. The number of nitrogens with two attached hydrogens (primary N) is 1. The van der Waals surface area contributed by atoms with E-state index in [1.807, 2.05) is 54.6 Å². The summed E-state index contributed by atoms with van der Waals surface area (Å²) in [4.78, 5) is 4.61. The average molecular weight is 412 g/mol. The van der Waals surface area contributed by atoms with Gasteiger partial charge in [0.15, 0.2) is 0 Å². The fraction of sp³-hybridized carbons (Fsp3) is 0.333. The number of aryl methyl sites for hydroxylation is 1. The molecule has 0 saturated carbocycles. The zero-order chi connectivity index (χ0) is 22.0. The van der Waals surface area contributed by atoms with Crippen LogP contribution in [0.4, 0.5) is 5.82 Å². The van der Waals surface area contributed by atoms with Crippen LogP contribution in [-0.2, 0) is 19.4 Å². The highest BCUT2D eigenvalue weighted by atomic mass is 16.5. The number of ether oxygens (including phenoxy) is 1. The van der Waals surface area contributed by atoms with Crippen molar-refractivity contribution in [3.63, 3.8) is 0 Å². The number of anilines is 1. The molecule has 0 fully saturated rings. The molecule has 0 aliphatic heterocycles. The molecule has 4 rings (SSSR count). The summed E-state index contributed by atoms with van der Waals surface area (Å²) in [5, 5.41) is 9.91. The van der Waals surface area contributed by atoms with Gasteiger partial charge >= 0.3 is 0 Å². The molecule has 1 aromatic heterocycles. The van der Waals surface area contributed by atoms with Gasteiger partial charge < -0.3 is 10.5 Å². The fourth-order valence-electron chi connectivity index (χ4n) is 4.43. The van der Waals surface area contributed by atoms with Crippen molar-refractivity contribution in [3.8, 4) is 22.9 Å². The molecule has 1 heterocycles. The summed E-state index contributed by atoms with van der Waals surface area (Å²) in [5.74, 6) is 1.63. The first-order chi connectivity index (χ1) is 14.9. The lowest BCUT2D eigenvalue weighted by atomic mass is 9.70. The molecule has 0 spiro atoms. The standard InChI is InChI=1S/C27H29N3O/c1-27(2,3)20-12-13-24-22(15-20)25(23(16-28)26(29)30-24)19-10-7-11-21(14-19)31-17-18-8-5-4-6-9-18/h4-11,14,20H,12-13,15,17H2,1-3H3,(H2,29,30). The van der Waals surface area contributed by atoms with Gasteiger partial charge in [-0.3, -0.25) is 0 Å². The largest absolute Gasteiger partial charge is 0.489 e. The average Bonchev–Trinajstić information content (AvgIpc) is 2.76. The summed E-state index contributed by atoms with van der Waals surface area (Å²) in [6, 6.07) is 20.4. The zero-order valence-electron chi connectivity index (χ0n) is 18.5. The molecule has 1 atom stereocenters. The Morgan fingerprint density at radius 1 is 1.13 bits per heavy atom. The summed E-state index contributed by atoms with van der Waals surface area (Å²) in [6.07, 6.45) is 2.89. The Labute approximate surface area is 184 Å². The Morgan fingerprint density at radius 2 is 1.90 bits per heavy atom. The third-order valence-electron chi connectivity index (χ3n) is 6.30. The van der Waals surface area contributed by atoms with E-state index in [0.717, 1.165) is 53.0 Å². The quantitative estimate of drug-likeness (QED) is 0.577. The first-order valence-electron chi connectivity index (χ1n) is 10.9. The first kappa shape index (κ1) is 20.9. The van der Waals surface area contributed by atoms with Crippen LogP contribution < -0.4 is 10.5 Å². The molecule has 1 aliphatic carbocycles. The van der Waals surface area contributed by atoms with Crippen LogP contribution in [0, 0.1) is 22.7 Å². The number of hydrogen-bond donors (Lipinski definition) is 1. The van der Waals surface area contributed by atoms with E-state index in [9.17, 15) is 5.26 Å². The molecule has 0 radical (unpaired) electrons. The van der Waals surface area contributed by atoms with Crippen molar-refractivity contribution in [2.45, 2.75) is 46.6 Å². The summed E-state index contributed by atoms with van der Waals surface area (Å²) in [6.45, 7) is 7.36. The van der Waals surface area contributed by atoms with Crippen LogP contribution >= 0.6 is 0 Å². The van der Waals surface area contributed by atoms with Crippen molar-refractivity contribution in [1.82, 2.24) is 4.98 Å². The van der Waals surface area contributed by atoms with Gasteiger partial charge in [0.05, 0.1) is 0 Å². The number of aromatic nitrogens is 1. The van der Waals surface area contributed by atoms with Crippen LogP contribution in [0.5, 0.6) is 5.75 Å². The molecule has 3 aromatic rings. The number of fused-ring (bicyclic) bond motifs is 1. The summed E-state index contributed by atoms with van der Waals surface area (Å²) in [7, 11) is 0. The molecule has 1 unspecified atom stereocenters. The second-order valence-electron chi connectivity index (χ2n) is 9.39. The predicted molar refractivity (Wildman–Crippen MR) is 125 cm³/mol. The Balaban J connectivity index is 1.74. The van der Waals surface area contributed by atoms with E-state index in [1.165, 1.54) is 0 Å². The van der Waals surface area contributed by atoms with Crippen molar-refractivity contribution >= 4 is 5.82 Å². The van der Waals surface area contributed by atoms with E-state index in [4.69, 9.17) is 10.5 Å². The monoisotopic (exact) mass is 411 g/mol. The molecule has 0 bridgehead atoms. The second kappa shape index (κ2) is 8.43. The van der Waals surface area contributed by atoms with E-state index in [0.29, 0.717) is 23.9 Å². The Bertz CT molecular complexity index is 1120. The van der Waals surface area contributed by atoms with Crippen LogP contribution in [0.1, 0.15) is 49.6 Å². The number of pyridine rings is 1. The Kier molecular flexibility index (Phi) is 5.69. The minimum Gasteiger partial charge on any atom is -0.489 e. The van der Waals surface area contributed by atoms with Crippen molar-refractivity contribution in [3.05, 3.63) is 77.0 Å². The summed E-state index contributed by atoms with van der Waals surface area (Å²) < 4.78 is 6.05. The van der Waals surface area contributed by atoms with Crippen LogP contribution in [0.15, 0.2) is 54.6 Å². The van der Waals surface area contributed by atoms with Gasteiger partial charge in [-0.25, -0.2) is 4.98 Å². The normalized spacial score (nSPS) is 15.7. The van der Waals surface area contributed by atoms with Gasteiger partial charge in [-0.15, -0.1) is 0 Å². The Morgan fingerprint density at radius 3 is 2.61 bits per heavy atom. The van der Waals surface area contributed by atoms with Gasteiger partial charge in [0, 0.05) is 11.3 Å². The maximum Gasteiger partial charge on any atom is 0.142 e. The van der Waals surface area contributed by atoms with Crippen LogP contribution in [0.25, 0.3) is 11.1 Å². The highest BCUT2D eigenvalue weighted by Crippen LogP contribution is 2.42. The SMILES string of the molecule is CC(C)(C)C1CCc2nc(N)c(C#N)c(-c3cccc(OCc4ccccc4)c3)c2C1. The van der Waals surface area contributed by atoms with E-state index in [-0.39, 0.29) is 5.41 Å². The lowest BCUT2D eigenvalue weighted by Gasteiger charge is -2.35. The number of hydrogen-bond acceptors (Lipinski definition) is 4. The van der Waals surface area contributed by atoms with Gasteiger partial charge in [0.1, 0.15) is 29.8 Å². The highest BCUT2D eigenvalue weighted by molar-refractivity contribution is 5.80. The predicted octanol–water partition coefficient (Wildman–Crippen LogP) is 5.93. The number of nitriles is 1. The number of nitrogens with zero attached hydrogens (tertiary/aromatic N) is 2. The van der Waals surface area contributed by atoms with Crippen LogP contribution in [0.2, 0.25) is 0 Å². The van der Waals surface area contributed by atoms with Gasteiger partial charge in [-0.05, 0) is 59.4 Å². The smallest absolute Gasteiger partial charge is 0.142 e. The number of rotatable bonds is 4. The Hall–Kier alpha value is -3.32. The molecular weight excluding hydrogens is 382 g/mol. The van der Waals surface area contributed by atoms with Gasteiger partial charge in [0.2, 0.25) is 0 Å². The van der Waals surface area contributed by atoms with Gasteiger partial charge in [-0.2, -0.15) is 5.26 Å². The van der Waals surface area contributed by atoms with Gasteiger partial charge in [0.25, 0.3) is 0 Å². The molecule has 1 aliphatic rings. The minimum absolute atomic E-state index is 0.198. The molecule has 2 aromatic carbocycles. The highest BCUT2D eigenvalue weighted by Gasteiger charge is 2.32. The van der Waals surface area contributed by atoms with Crippen molar-refractivity contribution in [2.75, 3.05) is 5.73 Å². The van der Waals surface area contributed by atoms with E-state index < -0.39 is 0 Å². The second-order valence-corrected chi connectivity index (χ2v) is 9.39. The molecule has 0 amide bonds. The third-order valence-corrected chi connectivity index (χ3v) is 6.30. The third kappa shape index (κ3) is 4.41. The van der Waals surface area contributed by atoms with E-state index in [2.05, 4.69) is 31.8 Å². The van der Waals surface area contributed by atoms with E-state index >= 15 is 0 Å². The lowest BCUT2D eigenvalue weighted by molar-refractivity contribution is 0.215. The molecule has 4 nitrogen and oxygen atoms in total. The number of nitrogen functional groups attached to an aromatic ring is 1. The van der Waals surface area contributed by atoms with Crippen molar-refractivity contribution < 1.29 is 4.74 Å². The van der Waals surface area contributed by atoms with Crippen molar-refractivity contribution in [2.24, 2.45) is 11.3 Å². The van der Waals surface area contributed by atoms with Gasteiger partial charge in [-0.1, -0.05) is 63.2 Å². The first-order valence-corrected chi connectivity index (χ1v) is 10.9. The zero-order valence-corrected chi connectivity index (χ0v) is 18.5. The topological polar surface area (TPSA) is 71.9 Å². The summed E-state index contributed by atoms with van der Waals surface area (Å²) in [5.41, 5.74) is 12.1. The van der Waals surface area contributed by atoms with Crippen molar-refractivity contribution in [1.29, 1.82) is 5.26 Å². The molecule has 2 N–H and O–H groups in total. The molecule has 31 heavy (non-hydrogen) atoms. The maximum absolute atomic E-state index is 9.91. The molecular formula is C27H29N3O. The molecule has 0 saturated heterocycles. The summed E-state index contributed by atoms with van der Waals surface area (Å²) >= 11 is 0. The lowest BCUT2D eigenvalue weighted by Crippen LogP contribution is -2.28. The molecule has 158 valence electrons. The van der Waals surface area contributed by atoms with E-state index in [1.54, 1.807) is 0 Å².